The van der Waals surface area contributed by atoms with E-state index in [1.165, 1.54) is 5.56 Å². The van der Waals surface area contributed by atoms with Gasteiger partial charge in [-0.3, -0.25) is 0 Å². The molecule has 0 saturated heterocycles. The van der Waals surface area contributed by atoms with E-state index in [2.05, 4.69) is 70.3 Å². The second kappa shape index (κ2) is 4.80. The van der Waals surface area contributed by atoms with Gasteiger partial charge in [-0.25, -0.2) is 0 Å². The molecule has 84 valence electrons. The molecule has 15 heavy (non-hydrogen) atoms. The van der Waals surface area contributed by atoms with Gasteiger partial charge in [-0.15, -0.1) is 0 Å². The second-order valence-electron chi connectivity index (χ2n) is 5.39. The quantitative estimate of drug-likeness (QED) is 0.792. The fourth-order valence-corrected chi connectivity index (χ4v) is 1.46. The molecule has 2 unspecified atom stereocenters. The summed E-state index contributed by atoms with van der Waals surface area (Å²) in [4.78, 5) is 0. The van der Waals surface area contributed by atoms with E-state index in [0.29, 0.717) is 17.5 Å². The minimum Gasteiger partial charge on any atom is -0.307 e. The van der Waals surface area contributed by atoms with Gasteiger partial charge in [-0.1, -0.05) is 51.1 Å². The van der Waals surface area contributed by atoms with Gasteiger partial charge in [0.05, 0.1) is 0 Å². The van der Waals surface area contributed by atoms with Crippen LogP contribution >= 0.6 is 0 Å². The SMILES string of the molecule is CC(NC(C)C(C)(C)C)c1ccccc1. The lowest BCUT2D eigenvalue weighted by Crippen LogP contribution is -2.39. The van der Waals surface area contributed by atoms with Crippen molar-refractivity contribution in [2.24, 2.45) is 5.41 Å². The number of benzene rings is 1. The van der Waals surface area contributed by atoms with E-state index in [1.54, 1.807) is 0 Å². The van der Waals surface area contributed by atoms with E-state index in [4.69, 9.17) is 0 Å². The number of hydrogen-bond donors (Lipinski definition) is 1. The molecular formula is C14H23N. The smallest absolute Gasteiger partial charge is 0.0294 e. The van der Waals surface area contributed by atoms with Crippen LogP contribution in [0.3, 0.4) is 0 Å². The minimum absolute atomic E-state index is 0.309. The zero-order valence-corrected chi connectivity index (χ0v) is 10.5. The summed E-state index contributed by atoms with van der Waals surface area (Å²) in [6.07, 6.45) is 0. The fraction of sp³-hybridized carbons (Fsp3) is 0.571. The molecule has 1 aromatic carbocycles. The number of hydrogen-bond acceptors (Lipinski definition) is 1. The van der Waals surface area contributed by atoms with Crippen molar-refractivity contribution in [2.75, 3.05) is 0 Å². The van der Waals surface area contributed by atoms with E-state index < -0.39 is 0 Å². The van der Waals surface area contributed by atoms with Crippen LogP contribution in [-0.2, 0) is 0 Å². The van der Waals surface area contributed by atoms with Crippen molar-refractivity contribution in [1.82, 2.24) is 5.32 Å². The Morgan fingerprint density at radius 2 is 1.53 bits per heavy atom. The van der Waals surface area contributed by atoms with Crippen LogP contribution in [0.4, 0.5) is 0 Å². The standard InChI is InChI=1S/C14H23N/c1-11(13-9-7-6-8-10-13)15-12(2)14(3,4)5/h6-12,15H,1-5H3. The van der Waals surface area contributed by atoms with Crippen molar-refractivity contribution in [1.29, 1.82) is 0 Å². The summed E-state index contributed by atoms with van der Waals surface area (Å²) in [7, 11) is 0. The highest BCUT2D eigenvalue weighted by molar-refractivity contribution is 5.18. The fourth-order valence-electron chi connectivity index (χ4n) is 1.46. The van der Waals surface area contributed by atoms with E-state index in [9.17, 15) is 0 Å². The first-order valence-corrected chi connectivity index (χ1v) is 5.72. The molecule has 0 aliphatic heterocycles. The molecule has 1 heteroatoms. The van der Waals surface area contributed by atoms with E-state index in [1.807, 2.05) is 0 Å². The predicted octanol–water partition coefficient (Wildman–Crippen LogP) is 3.77. The van der Waals surface area contributed by atoms with Crippen LogP contribution in [0.15, 0.2) is 30.3 Å². The first-order valence-electron chi connectivity index (χ1n) is 5.72. The van der Waals surface area contributed by atoms with Crippen molar-refractivity contribution in [3.05, 3.63) is 35.9 Å². The molecule has 0 fully saturated rings. The average Bonchev–Trinajstić information content (AvgIpc) is 2.17. The van der Waals surface area contributed by atoms with Crippen molar-refractivity contribution in [2.45, 2.75) is 46.7 Å². The molecule has 0 amide bonds. The Morgan fingerprint density at radius 1 is 1.00 bits per heavy atom. The molecular weight excluding hydrogens is 182 g/mol. The lowest BCUT2D eigenvalue weighted by atomic mass is 9.87. The monoisotopic (exact) mass is 205 g/mol. The van der Waals surface area contributed by atoms with E-state index in [0.717, 1.165) is 0 Å². The Hall–Kier alpha value is -0.820. The summed E-state index contributed by atoms with van der Waals surface area (Å²) in [5.41, 5.74) is 1.66. The van der Waals surface area contributed by atoms with E-state index >= 15 is 0 Å². The van der Waals surface area contributed by atoms with Gasteiger partial charge in [0.25, 0.3) is 0 Å². The summed E-state index contributed by atoms with van der Waals surface area (Å²) in [5.74, 6) is 0. The highest BCUT2D eigenvalue weighted by Gasteiger charge is 2.21. The Balaban J connectivity index is 2.61. The molecule has 0 saturated carbocycles. The Morgan fingerprint density at radius 3 is 2.00 bits per heavy atom. The third-order valence-corrected chi connectivity index (χ3v) is 3.10. The highest BCUT2D eigenvalue weighted by Crippen LogP contribution is 2.22. The van der Waals surface area contributed by atoms with Crippen molar-refractivity contribution in [3.63, 3.8) is 0 Å². The molecule has 0 aromatic heterocycles. The molecule has 1 nitrogen and oxygen atoms in total. The second-order valence-corrected chi connectivity index (χ2v) is 5.39. The largest absolute Gasteiger partial charge is 0.307 e. The van der Waals surface area contributed by atoms with Crippen LogP contribution in [0.25, 0.3) is 0 Å². The molecule has 0 radical (unpaired) electrons. The van der Waals surface area contributed by atoms with Crippen molar-refractivity contribution < 1.29 is 0 Å². The Bertz CT molecular complexity index is 284. The van der Waals surface area contributed by atoms with Crippen LogP contribution in [0.2, 0.25) is 0 Å². The molecule has 0 aliphatic rings. The van der Waals surface area contributed by atoms with Gasteiger partial charge in [0.15, 0.2) is 0 Å². The predicted molar refractivity (Wildman–Crippen MR) is 66.9 cm³/mol. The summed E-state index contributed by atoms with van der Waals surface area (Å²) in [6.45, 7) is 11.3. The molecule has 1 aromatic rings. The summed E-state index contributed by atoms with van der Waals surface area (Å²) < 4.78 is 0. The van der Waals surface area contributed by atoms with Gasteiger partial charge < -0.3 is 5.32 Å². The topological polar surface area (TPSA) is 12.0 Å². The van der Waals surface area contributed by atoms with Gasteiger partial charge in [-0.2, -0.15) is 0 Å². The maximum atomic E-state index is 3.64. The Kier molecular flexibility index (Phi) is 3.92. The zero-order valence-electron chi connectivity index (χ0n) is 10.5. The molecule has 1 rings (SSSR count). The first-order chi connectivity index (χ1) is 6.91. The summed E-state index contributed by atoms with van der Waals surface area (Å²) in [5, 5.41) is 3.64. The Labute approximate surface area is 93.9 Å². The zero-order chi connectivity index (χ0) is 11.5. The maximum Gasteiger partial charge on any atom is 0.0294 e. The molecule has 0 heterocycles. The molecule has 0 bridgehead atoms. The molecule has 0 spiro atoms. The third-order valence-electron chi connectivity index (χ3n) is 3.10. The lowest BCUT2D eigenvalue weighted by Gasteiger charge is -2.31. The third kappa shape index (κ3) is 3.67. The first kappa shape index (κ1) is 12.3. The normalized spacial score (nSPS) is 16.1. The van der Waals surface area contributed by atoms with Crippen molar-refractivity contribution >= 4 is 0 Å². The van der Waals surface area contributed by atoms with E-state index in [-0.39, 0.29) is 0 Å². The van der Waals surface area contributed by atoms with Crippen LogP contribution in [-0.4, -0.2) is 6.04 Å². The summed E-state index contributed by atoms with van der Waals surface area (Å²) in [6, 6.07) is 11.5. The van der Waals surface area contributed by atoms with Gasteiger partial charge in [0.1, 0.15) is 0 Å². The minimum atomic E-state index is 0.309. The number of nitrogens with one attached hydrogen (secondary N) is 1. The maximum absolute atomic E-state index is 3.64. The van der Waals surface area contributed by atoms with Gasteiger partial charge >= 0.3 is 0 Å². The molecule has 0 aliphatic carbocycles. The van der Waals surface area contributed by atoms with Crippen LogP contribution in [0, 0.1) is 5.41 Å². The van der Waals surface area contributed by atoms with Crippen molar-refractivity contribution in [3.8, 4) is 0 Å². The lowest BCUT2D eigenvalue weighted by molar-refractivity contribution is 0.268. The average molecular weight is 205 g/mol. The van der Waals surface area contributed by atoms with Crippen LogP contribution in [0.5, 0.6) is 0 Å². The summed E-state index contributed by atoms with van der Waals surface area (Å²) >= 11 is 0. The van der Waals surface area contributed by atoms with Crippen LogP contribution in [0.1, 0.15) is 46.2 Å². The molecule has 2 atom stereocenters. The van der Waals surface area contributed by atoms with Crippen LogP contribution < -0.4 is 5.32 Å². The van der Waals surface area contributed by atoms with Gasteiger partial charge in [0, 0.05) is 12.1 Å². The highest BCUT2D eigenvalue weighted by atomic mass is 15.0. The van der Waals surface area contributed by atoms with Gasteiger partial charge in [0.2, 0.25) is 0 Å². The number of rotatable bonds is 3. The van der Waals surface area contributed by atoms with Gasteiger partial charge in [-0.05, 0) is 24.8 Å². The molecule has 1 N–H and O–H groups in total.